The molecular weight excluding hydrogens is 418 g/mol. The van der Waals surface area contributed by atoms with E-state index in [9.17, 15) is 24.3 Å². The Kier molecular flexibility index (Phi) is 13.6. The molecule has 0 aliphatic carbocycles. The van der Waals surface area contributed by atoms with Gasteiger partial charge < -0.3 is 38.3 Å². The lowest BCUT2D eigenvalue weighted by Gasteiger charge is -2.22. The monoisotopic (exact) mass is 457 g/mol. The predicted octanol–water partition coefficient (Wildman–Crippen LogP) is -1.37. The summed E-state index contributed by atoms with van der Waals surface area (Å²) in [4.78, 5) is 52.3. The fraction of sp³-hybridized carbons (Fsp3) is 0.750. The lowest BCUT2D eigenvalue weighted by Crippen LogP contribution is -2.54. The number of carboxylic acids is 1. The van der Waals surface area contributed by atoms with Crippen molar-refractivity contribution >= 4 is 29.7 Å². The zero-order valence-electron chi connectivity index (χ0n) is 19.4. The van der Waals surface area contributed by atoms with Crippen molar-refractivity contribution in [2.24, 2.45) is 34.0 Å². The van der Waals surface area contributed by atoms with Gasteiger partial charge in [-0.25, -0.2) is 4.79 Å². The number of carboxylic acid groups (broad SMARTS) is 1. The summed E-state index contributed by atoms with van der Waals surface area (Å²) in [6.45, 7) is 7.39. The van der Waals surface area contributed by atoms with Crippen molar-refractivity contribution in [2.75, 3.05) is 13.1 Å². The van der Waals surface area contributed by atoms with Crippen LogP contribution in [0.25, 0.3) is 0 Å². The second kappa shape index (κ2) is 15.0. The maximum Gasteiger partial charge on any atom is 0.326 e. The fourth-order valence-electron chi connectivity index (χ4n) is 2.90. The van der Waals surface area contributed by atoms with E-state index in [-0.39, 0.29) is 43.7 Å². The van der Waals surface area contributed by atoms with Crippen molar-refractivity contribution in [3.05, 3.63) is 0 Å². The number of nitrogens with one attached hydrogen (secondary N) is 3. The molecule has 0 saturated carbocycles. The molecule has 10 N–H and O–H groups in total. The molecule has 0 aromatic rings. The largest absolute Gasteiger partial charge is 0.480 e. The van der Waals surface area contributed by atoms with E-state index in [4.69, 9.17) is 17.2 Å². The number of amides is 3. The third kappa shape index (κ3) is 13.4. The number of carbonyl (C=O) groups excluding carboxylic acids is 3. The molecule has 3 atom stereocenters. The van der Waals surface area contributed by atoms with Crippen LogP contribution in [0.3, 0.4) is 0 Å². The standard InChI is InChI=1S/C20H39N7O5/c1-11(2)8-13(21)17(29)25-10-16(28)26-14(6-5-7-24-20(22)23)18(30)27-15(19(31)32)9-12(3)4/h11-15H,5-10,21H2,1-4H3,(H,25,29)(H,26,28)(H,27,30)(H,31,32)(H4,22,23,24). The molecule has 0 aliphatic heterocycles. The van der Waals surface area contributed by atoms with Crippen molar-refractivity contribution in [1.29, 1.82) is 0 Å². The third-order valence-electron chi connectivity index (χ3n) is 4.40. The molecule has 0 rings (SSSR count). The lowest BCUT2D eigenvalue weighted by molar-refractivity contribution is -0.142. The second-order valence-electron chi connectivity index (χ2n) is 8.55. The number of aliphatic carboxylic acids is 1. The Hall–Kier alpha value is -2.89. The summed E-state index contributed by atoms with van der Waals surface area (Å²) in [5.74, 6) is -2.72. The molecule has 12 heteroatoms. The number of hydrogen-bond acceptors (Lipinski definition) is 6. The van der Waals surface area contributed by atoms with Crippen LogP contribution < -0.4 is 33.2 Å². The molecule has 0 fully saturated rings. The highest BCUT2D eigenvalue weighted by atomic mass is 16.4. The summed E-state index contributed by atoms with van der Waals surface area (Å²) in [6, 6.07) is -2.85. The molecule has 3 unspecified atom stereocenters. The topological polar surface area (TPSA) is 215 Å². The lowest BCUT2D eigenvalue weighted by atomic mass is 10.0. The van der Waals surface area contributed by atoms with Crippen molar-refractivity contribution in [3.8, 4) is 0 Å². The molecule has 184 valence electrons. The molecule has 0 aromatic carbocycles. The van der Waals surface area contributed by atoms with Crippen LogP contribution in [0.1, 0.15) is 53.4 Å². The molecule has 0 saturated heterocycles. The zero-order valence-corrected chi connectivity index (χ0v) is 19.4. The van der Waals surface area contributed by atoms with Crippen LogP contribution in [-0.2, 0) is 19.2 Å². The molecule has 12 nitrogen and oxygen atoms in total. The fourth-order valence-corrected chi connectivity index (χ4v) is 2.90. The molecule has 0 aliphatic rings. The highest BCUT2D eigenvalue weighted by Crippen LogP contribution is 2.07. The summed E-state index contributed by atoms with van der Waals surface area (Å²) in [6.07, 6.45) is 1.24. The van der Waals surface area contributed by atoms with Crippen molar-refractivity contribution in [2.45, 2.75) is 71.5 Å². The SMILES string of the molecule is CC(C)CC(N)C(=O)NCC(=O)NC(CCCN=C(N)N)C(=O)NC(CC(C)C)C(=O)O. The average Bonchev–Trinajstić information content (AvgIpc) is 2.66. The van der Waals surface area contributed by atoms with Gasteiger partial charge in [0.1, 0.15) is 12.1 Å². The van der Waals surface area contributed by atoms with E-state index >= 15 is 0 Å². The Bertz CT molecular complexity index is 663. The van der Waals surface area contributed by atoms with Crippen molar-refractivity contribution in [1.82, 2.24) is 16.0 Å². The number of aliphatic imine (C=N–C) groups is 1. The Balaban J connectivity index is 5.05. The molecule has 0 bridgehead atoms. The van der Waals surface area contributed by atoms with Crippen LogP contribution in [0, 0.1) is 11.8 Å². The molecular formula is C20H39N7O5. The van der Waals surface area contributed by atoms with Gasteiger partial charge in [-0.1, -0.05) is 27.7 Å². The molecule has 0 heterocycles. The highest BCUT2D eigenvalue weighted by molar-refractivity contribution is 5.92. The first-order valence-electron chi connectivity index (χ1n) is 10.7. The van der Waals surface area contributed by atoms with Crippen LogP contribution in [-0.4, -0.2) is 66.0 Å². The number of guanidine groups is 1. The van der Waals surface area contributed by atoms with Gasteiger partial charge in [-0.05, 0) is 37.5 Å². The Morgan fingerprint density at radius 2 is 1.50 bits per heavy atom. The van der Waals surface area contributed by atoms with Gasteiger partial charge in [-0.15, -0.1) is 0 Å². The first-order valence-corrected chi connectivity index (χ1v) is 10.7. The molecule has 3 amide bonds. The Morgan fingerprint density at radius 1 is 0.906 bits per heavy atom. The maximum atomic E-state index is 12.7. The first kappa shape index (κ1) is 29.1. The summed E-state index contributed by atoms with van der Waals surface area (Å²) in [5, 5.41) is 16.8. The van der Waals surface area contributed by atoms with Gasteiger partial charge in [0.2, 0.25) is 17.7 Å². The number of rotatable bonds is 15. The second-order valence-corrected chi connectivity index (χ2v) is 8.55. The minimum absolute atomic E-state index is 0.0385. The summed E-state index contributed by atoms with van der Waals surface area (Å²) < 4.78 is 0. The van der Waals surface area contributed by atoms with E-state index in [1.54, 1.807) is 0 Å². The number of carbonyl (C=O) groups is 4. The van der Waals surface area contributed by atoms with Crippen molar-refractivity contribution < 1.29 is 24.3 Å². The summed E-state index contributed by atoms with van der Waals surface area (Å²) in [7, 11) is 0. The number of nitrogens with zero attached hydrogens (tertiary/aromatic N) is 1. The van der Waals surface area contributed by atoms with E-state index in [0.717, 1.165) is 0 Å². The minimum atomic E-state index is -1.16. The van der Waals surface area contributed by atoms with Gasteiger partial charge >= 0.3 is 5.97 Å². The van der Waals surface area contributed by atoms with Gasteiger partial charge in [0, 0.05) is 6.54 Å². The van der Waals surface area contributed by atoms with Crippen molar-refractivity contribution in [3.63, 3.8) is 0 Å². The van der Waals surface area contributed by atoms with Gasteiger partial charge in [-0.2, -0.15) is 0 Å². The number of nitrogens with two attached hydrogens (primary N) is 3. The smallest absolute Gasteiger partial charge is 0.326 e. The van der Waals surface area contributed by atoms with Gasteiger partial charge in [-0.3, -0.25) is 19.4 Å². The van der Waals surface area contributed by atoms with E-state index < -0.39 is 41.8 Å². The molecule has 0 aromatic heterocycles. The van der Waals surface area contributed by atoms with E-state index in [2.05, 4.69) is 20.9 Å². The van der Waals surface area contributed by atoms with E-state index in [1.807, 2.05) is 27.7 Å². The van der Waals surface area contributed by atoms with Gasteiger partial charge in [0.15, 0.2) is 5.96 Å². The van der Waals surface area contributed by atoms with Crippen LogP contribution >= 0.6 is 0 Å². The minimum Gasteiger partial charge on any atom is -0.480 e. The average molecular weight is 458 g/mol. The highest BCUT2D eigenvalue weighted by Gasteiger charge is 2.27. The summed E-state index contributed by atoms with van der Waals surface area (Å²) >= 11 is 0. The molecule has 0 spiro atoms. The summed E-state index contributed by atoms with van der Waals surface area (Å²) in [5.41, 5.74) is 16.3. The Morgan fingerprint density at radius 3 is 2.00 bits per heavy atom. The van der Waals surface area contributed by atoms with Gasteiger partial charge in [0.05, 0.1) is 12.6 Å². The zero-order chi connectivity index (χ0) is 24.8. The van der Waals surface area contributed by atoms with E-state index in [0.29, 0.717) is 12.8 Å². The normalized spacial score (nSPS) is 13.7. The quantitative estimate of drug-likeness (QED) is 0.0882. The third-order valence-corrected chi connectivity index (χ3v) is 4.40. The predicted molar refractivity (Wildman–Crippen MR) is 121 cm³/mol. The number of hydrogen-bond donors (Lipinski definition) is 7. The van der Waals surface area contributed by atoms with Crippen LogP contribution in [0.15, 0.2) is 4.99 Å². The molecule has 32 heavy (non-hydrogen) atoms. The van der Waals surface area contributed by atoms with Gasteiger partial charge in [0.25, 0.3) is 0 Å². The van der Waals surface area contributed by atoms with Crippen LogP contribution in [0.4, 0.5) is 0 Å². The van der Waals surface area contributed by atoms with E-state index in [1.165, 1.54) is 0 Å². The molecule has 0 radical (unpaired) electrons. The Labute approximate surface area is 189 Å². The maximum absolute atomic E-state index is 12.7. The first-order chi connectivity index (χ1) is 14.8. The van der Waals surface area contributed by atoms with Crippen LogP contribution in [0.5, 0.6) is 0 Å². The van der Waals surface area contributed by atoms with Crippen LogP contribution in [0.2, 0.25) is 0 Å².